The Balaban J connectivity index is 1.72. The molecule has 1 fully saturated rings. The van der Waals surface area contributed by atoms with E-state index in [4.69, 9.17) is 4.42 Å². The van der Waals surface area contributed by atoms with Crippen molar-refractivity contribution in [2.24, 2.45) is 0 Å². The Morgan fingerprint density at radius 1 is 1.10 bits per heavy atom. The molecule has 5 nitrogen and oxygen atoms in total. The molecule has 5 heteroatoms. The van der Waals surface area contributed by atoms with Crippen molar-refractivity contribution in [2.75, 3.05) is 31.1 Å². The van der Waals surface area contributed by atoms with Crippen molar-refractivity contribution in [1.82, 2.24) is 14.7 Å². The van der Waals surface area contributed by atoms with E-state index in [9.17, 15) is 0 Å². The molecule has 102 valence electrons. The van der Waals surface area contributed by atoms with Gasteiger partial charge in [-0.15, -0.1) is 0 Å². The summed E-state index contributed by atoms with van der Waals surface area (Å²) in [5.41, 5.74) is 3.05. The van der Waals surface area contributed by atoms with Crippen molar-refractivity contribution in [3.05, 3.63) is 42.9 Å². The molecule has 1 saturated heterocycles. The van der Waals surface area contributed by atoms with Crippen LogP contribution >= 0.6 is 0 Å². The van der Waals surface area contributed by atoms with Crippen LogP contribution in [0.25, 0.3) is 17.1 Å². The third-order valence-corrected chi connectivity index (χ3v) is 3.69. The highest BCUT2D eigenvalue weighted by molar-refractivity contribution is 5.60. The summed E-state index contributed by atoms with van der Waals surface area (Å²) in [6.45, 7) is 4.18. The van der Waals surface area contributed by atoms with Crippen LogP contribution in [0, 0.1) is 0 Å². The van der Waals surface area contributed by atoms with Crippen molar-refractivity contribution in [1.29, 1.82) is 0 Å². The summed E-state index contributed by atoms with van der Waals surface area (Å²) in [4.78, 5) is 6.97. The molecule has 0 radical (unpaired) electrons. The molecule has 0 saturated carbocycles. The number of aromatic nitrogens is 2. The fraction of sp³-hybridized carbons (Fsp3) is 0.267. The Kier molecular flexibility index (Phi) is 2.70. The number of piperazine rings is 1. The second-order valence-electron chi connectivity index (χ2n) is 4.99. The van der Waals surface area contributed by atoms with E-state index < -0.39 is 0 Å². The van der Waals surface area contributed by atoms with Crippen LogP contribution in [-0.4, -0.2) is 35.6 Å². The zero-order valence-corrected chi connectivity index (χ0v) is 11.1. The molecule has 0 bridgehead atoms. The molecule has 0 unspecified atom stereocenters. The van der Waals surface area contributed by atoms with E-state index >= 15 is 0 Å². The van der Waals surface area contributed by atoms with Gasteiger partial charge in [0.2, 0.25) is 0 Å². The SMILES string of the molecule is c1coc(-c2cn3cc(N4CCNCC4)ccc3n2)c1. The molecule has 4 rings (SSSR count). The fourth-order valence-electron chi connectivity index (χ4n) is 2.63. The van der Waals surface area contributed by atoms with E-state index in [0.29, 0.717) is 0 Å². The summed E-state index contributed by atoms with van der Waals surface area (Å²) >= 11 is 0. The lowest BCUT2D eigenvalue weighted by Crippen LogP contribution is -2.43. The van der Waals surface area contributed by atoms with Crippen molar-refractivity contribution < 1.29 is 4.42 Å². The summed E-state index contributed by atoms with van der Waals surface area (Å²) in [5, 5.41) is 3.37. The van der Waals surface area contributed by atoms with Gasteiger partial charge in [0.25, 0.3) is 0 Å². The maximum Gasteiger partial charge on any atom is 0.153 e. The molecule has 0 aliphatic carbocycles. The highest BCUT2D eigenvalue weighted by Crippen LogP contribution is 2.22. The maximum absolute atomic E-state index is 5.40. The van der Waals surface area contributed by atoms with E-state index in [1.807, 2.05) is 18.3 Å². The monoisotopic (exact) mass is 268 g/mol. The number of pyridine rings is 1. The quantitative estimate of drug-likeness (QED) is 0.772. The van der Waals surface area contributed by atoms with Crippen LogP contribution in [0.15, 0.2) is 47.3 Å². The molecular formula is C15H16N4O. The van der Waals surface area contributed by atoms with Gasteiger partial charge in [-0.2, -0.15) is 0 Å². The normalized spacial score (nSPS) is 15.9. The number of hydrogen-bond acceptors (Lipinski definition) is 4. The van der Waals surface area contributed by atoms with Crippen LogP contribution in [0.3, 0.4) is 0 Å². The molecular weight excluding hydrogens is 252 g/mol. The largest absolute Gasteiger partial charge is 0.463 e. The Hall–Kier alpha value is -2.27. The van der Waals surface area contributed by atoms with Crippen molar-refractivity contribution in [3.63, 3.8) is 0 Å². The Labute approximate surface area is 116 Å². The molecule has 4 heterocycles. The first-order chi connectivity index (χ1) is 9.90. The van der Waals surface area contributed by atoms with Crippen LogP contribution in [0.4, 0.5) is 5.69 Å². The number of rotatable bonds is 2. The summed E-state index contributed by atoms with van der Waals surface area (Å²) in [6, 6.07) is 8.01. The molecule has 0 spiro atoms. The van der Waals surface area contributed by atoms with Crippen molar-refractivity contribution in [3.8, 4) is 11.5 Å². The Morgan fingerprint density at radius 2 is 2.00 bits per heavy atom. The fourth-order valence-corrected chi connectivity index (χ4v) is 2.63. The van der Waals surface area contributed by atoms with Crippen LogP contribution in [0.5, 0.6) is 0 Å². The molecule has 0 aromatic carbocycles. The summed E-state index contributed by atoms with van der Waals surface area (Å²) in [7, 11) is 0. The van der Waals surface area contributed by atoms with Crippen molar-refractivity contribution in [2.45, 2.75) is 0 Å². The number of anilines is 1. The number of nitrogens with one attached hydrogen (secondary N) is 1. The van der Waals surface area contributed by atoms with Gasteiger partial charge in [0.05, 0.1) is 12.0 Å². The lowest BCUT2D eigenvalue weighted by Gasteiger charge is -2.29. The molecule has 1 aliphatic rings. The van der Waals surface area contributed by atoms with Gasteiger partial charge in [-0.25, -0.2) is 4.98 Å². The molecule has 0 amide bonds. The molecule has 3 aromatic heterocycles. The highest BCUT2D eigenvalue weighted by atomic mass is 16.3. The third-order valence-electron chi connectivity index (χ3n) is 3.69. The van der Waals surface area contributed by atoms with Gasteiger partial charge in [0, 0.05) is 38.6 Å². The second-order valence-corrected chi connectivity index (χ2v) is 4.99. The van der Waals surface area contributed by atoms with E-state index in [-0.39, 0.29) is 0 Å². The van der Waals surface area contributed by atoms with Gasteiger partial charge in [0.15, 0.2) is 5.76 Å². The molecule has 20 heavy (non-hydrogen) atoms. The Bertz CT molecular complexity index is 711. The average molecular weight is 268 g/mol. The van der Waals surface area contributed by atoms with Crippen molar-refractivity contribution >= 4 is 11.3 Å². The molecule has 1 N–H and O–H groups in total. The summed E-state index contributed by atoms with van der Waals surface area (Å²) in [5.74, 6) is 0.803. The van der Waals surface area contributed by atoms with Crippen LogP contribution in [-0.2, 0) is 0 Å². The predicted octanol–water partition coefficient (Wildman–Crippen LogP) is 2.00. The van der Waals surface area contributed by atoms with Crippen LogP contribution in [0.1, 0.15) is 0 Å². The smallest absolute Gasteiger partial charge is 0.153 e. The van der Waals surface area contributed by atoms with Gasteiger partial charge in [-0.3, -0.25) is 0 Å². The lowest BCUT2D eigenvalue weighted by molar-refractivity contribution is 0.580. The molecule has 0 atom stereocenters. The van der Waals surface area contributed by atoms with Gasteiger partial charge in [-0.1, -0.05) is 0 Å². The van der Waals surface area contributed by atoms with Gasteiger partial charge < -0.3 is 19.0 Å². The average Bonchev–Trinajstić information content (AvgIpc) is 3.16. The highest BCUT2D eigenvalue weighted by Gasteiger charge is 2.12. The summed E-state index contributed by atoms with van der Waals surface area (Å²) < 4.78 is 7.47. The Morgan fingerprint density at radius 3 is 2.80 bits per heavy atom. The number of hydrogen-bond donors (Lipinski definition) is 1. The van der Waals surface area contributed by atoms with E-state index in [1.165, 1.54) is 5.69 Å². The van der Waals surface area contributed by atoms with E-state index in [1.54, 1.807) is 6.26 Å². The standard InChI is InChI=1S/C15H16N4O/c1-2-14(20-9-1)13-11-19-10-12(3-4-15(19)17-13)18-7-5-16-6-8-18/h1-4,9-11,16H,5-8H2. The number of imidazole rings is 1. The zero-order valence-electron chi connectivity index (χ0n) is 11.1. The number of furan rings is 1. The van der Waals surface area contributed by atoms with Gasteiger partial charge in [0.1, 0.15) is 11.3 Å². The second kappa shape index (κ2) is 4.68. The van der Waals surface area contributed by atoms with E-state index in [0.717, 1.165) is 43.3 Å². The zero-order chi connectivity index (χ0) is 13.4. The van der Waals surface area contributed by atoms with Gasteiger partial charge >= 0.3 is 0 Å². The minimum Gasteiger partial charge on any atom is -0.463 e. The molecule has 3 aromatic rings. The third kappa shape index (κ3) is 1.96. The number of nitrogens with zero attached hydrogens (tertiary/aromatic N) is 3. The predicted molar refractivity (Wildman–Crippen MR) is 78.0 cm³/mol. The first kappa shape index (κ1) is 11.5. The maximum atomic E-state index is 5.40. The lowest BCUT2D eigenvalue weighted by atomic mass is 10.3. The minimum atomic E-state index is 0.803. The van der Waals surface area contributed by atoms with E-state index in [2.05, 4.69) is 37.9 Å². The first-order valence-electron chi connectivity index (χ1n) is 6.88. The van der Waals surface area contributed by atoms with Crippen LogP contribution < -0.4 is 10.2 Å². The number of fused-ring (bicyclic) bond motifs is 1. The first-order valence-corrected chi connectivity index (χ1v) is 6.88. The van der Waals surface area contributed by atoms with Crippen LogP contribution in [0.2, 0.25) is 0 Å². The summed E-state index contributed by atoms with van der Waals surface area (Å²) in [6.07, 6.45) is 5.82. The topological polar surface area (TPSA) is 45.7 Å². The molecule has 1 aliphatic heterocycles. The minimum absolute atomic E-state index is 0.803. The van der Waals surface area contributed by atoms with Gasteiger partial charge in [-0.05, 0) is 24.3 Å².